The number of ether oxygens (including phenoxy) is 1. The third-order valence-corrected chi connectivity index (χ3v) is 6.26. The number of hydrogen-bond acceptors (Lipinski definition) is 4. The molecule has 36 heavy (non-hydrogen) atoms. The van der Waals surface area contributed by atoms with Crippen molar-refractivity contribution in [2.45, 2.75) is 6.61 Å². The molecule has 0 radical (unpaired) electrons. The highest BCUT2D eigenvalue weighted by Crippen LogP contribution is 2.23. The highest BCUT2D eigenvalue weighted by molar-refractivity contribution is 9.10. The third-order valence-electron chi connectivity index (χ3n) is 5.08. The van der Waals surface area contributed by atoms with Crippen LogP contribution in [-0.4, -0.2) is 18.0 Å². The molecule has 2 N–H and O–H groups in total. The zero-order valence-electron chi connectivity index (χ0n) is 18.9. The zero-order valence-corrected chi connectivity index (χ0v) is 22.1. The van der Waals surface area contributed by atoms with E-state index in [0.717, 1.165) is 10.0 Å². The lowest BCUT2D eigenvalue weighted by Gasteiger charge is -2.10. The molecule has 0 spiro atoms. The van der Waals surface area contributed by atoms with Gasteiger partial charge in [0, 0.05) is 25.8 Å². The van der Waals surface area contributed by atoms with E-state index >= 15 is 0 Å². The van der Waals surface area contributed by atoms with Crippen LogP contribution in [-0.2, 0) is 6.61 Å². The summed E-state index contributed by atoms with van der Waals surface area (Å²) in [4.78, 5) is 25.2. The van der Waals surface area contributed by atoms with Crippen molar-refractivity contribution in [2.24, 2.45) is 5.10 Å². The molecule has 8 heteroatoms. The molecular formula is C28H21Br2N3O3. The number of benzene rings is 4. The molecule has 180 valence electrons. The van der Waals surface area contributed by atoms with Crippen LogP contribution < -0.4 is 15.5 Å². The minimum Gasteiger partial charge on any atom is -0.488 e. The van der Waals surface area contributed by atoms with Crippen LogP contribution in [0.1, 0.15) is 31.8 Å². The van der Waals surface area contributed by atoms with Crippen molar-refractivity contribution < 1.29 is 14.3 Å². The molecule has 0 fully saturated rings. The zero-order chi connectivity index (χ0) is 25.3. The smallest absolute Gasteiger partial charge is 0.271 e. The first kappa shape index (κ1) is 25.3. The predicted octanol–water partition coefficient (Wildman–Crippen LogP) is 6.81. The molecule has 0 bridgehead atoms. The van der Waals surface area contributed by atoms with E-state index in [1.807, 2.05) is 54.6 Å². The van der Waals surface area contributed by atoms with Gasteiger partial charge in [-0.25, -0.2) is 5.43 Å². The van der Waals surface area contributed by atoms with Crippen LogP contribution in [0, 0.1) is 0 Å². The van der Waals surface area contributed by atoms with E-state index in [9.17, 15) is 9.59 Å². The molecule has 0 aromatic heterocycles. The second kappa shape index (κ2) is 12.3. The molecule has 4 aromatic rings. The summed E-state index contributed by atoms with van der Waals surface area (Å²) in [5.74, 6) is -0.0578. The number of amides is 2. The van der Waals surface area contributed by atoms with Crippen LogP contribution in [0.2, 0.25) is 0 Å². The number of nitrogens with zero attached hydrogens (tertiary/aromatic N) is 1. The average Bonchev–Trinajstić information content (AvgIpc) is 2.89. The SMILES string of the molecule is O=C(N/N=C\c1cc(Br)ccc1OCc1ccccc1)c1cccc(NC(=O)c2ccccc2Br)c1. The minimum absolute atomic E-state index is 0.282. The van der Waals surface area contributed by atoms with E-state index in [1.54, 1.807) is 42.5 Å². The number of halogens is 2. The fourth-order valence-electron chi connectivity index (χ4n) is 3.29. The maximum absolute atomic E-state index is 12.7. The van der Waals surface area contributed by atoms with Crippen molar-refractivity contribution in [1.29, 1.82) is 0 Å². The van der Waals surface area contributed by atoms with Crippen molar-refractivity contribution in [1.82, 2.24) is 5.43 Å². The fourth-order valence-corrected chi connectivity index (χ4v) is 4.14. The van der Waals surface area contributed by atoms with E-state index in [4.69, 9.17) is 4.74 Å². The van der Waals surface area contributed by atoms with Gasteiger partial charge < -0.3 is 10.1 Å². The molecule has 2 amide bonds. The van der Waals surface area contributed by atoms with Crippen LogP contribution in [0.4, 0.5) is 5.69 Å². The Labute approximate surface area is 225 Å². The lowest BCUT2D eigenvalue weighted by Crippen LogP contribution is -2.18. The topological polar surface area (TPSA) is 79.8 Å². The first-order valence-corrected chi connectivity index (χ1v) is 12.5. The predicted molar refractivity (Wildman–Crippen MR) is 149 cm³/mol. The Balaban J connectivity index is 1.41. The molecule has 0 heterocycles. The summed E-state index contributed by atoms with van der Waals surface area (Å²) in [7, 11) is 0. The van der Waals surface area contributed by atoms with Crippen molar-refractivity contribution in [3.63, 3.8) is 0 Å². The van der Waals surface area contributed by atoms with Gasteiger partial charge in [-0.2, -0.15) is 5.10 Å². The molecule has 0 aliphatic heterocycles. The van der Waals surface area contributed by atoms with Crippen LogP contribution in [0.3, 0.4) is 0 Å². The van der Waals surface area contributed by atoms with Gasteiger partial charge in [0.25, 0.3) is 11.8 Å². The molecule has 0 unspecified atom stereocenters. The van der Waals surface area contributed by atoms with Crippen molar-refractivity contribution in [2.75, 3.05) is 5.32 Å². The molecule has 4 aromatic carbocycles. The molecule has 0 saturated heterocycles. The molecule has 0 saturated carbocycles. The van der Waals surface area contributed by atoms with E-state index < -0.39 is 5.91 Å². The minimum atomic E-state index is -0.412. The van der Waals surface area contributed by atoms with Crippen LogP contribution in [0.15, 0.2) is 111 Å². The summed E-state index contributed by atoms with van der Waals surface area (Å²) in [5, 5.41) is 6.91. The summed E-state index contributed by atoms with van der Waals surface area (Å²) in [6, 6.07) is 29.2. The second-order valence-corrected chi connectivity index (χ2v) is 9.44. The first-order valence-electron chi connectivity index (χ1n) is 11.0. The number of nitrogens with one attached hydrogen (secondary N) is 2. The summed E-state index contributed by atoms with van der Waals surface area (Å²) < 4.78 is 7.49. The number of rotatable bonds is 8. The lowest BCUT2D eigenvalue weighted by molar-refractivity contribution is 0.0953. The largest absolute Gasteiger partial charge is 0.488 e. The number of carbonyl (C=O) groups is 2. The van der Waals surface area contributed by atoms with E-state index in [0.29, 0.717) is 39.2 Å². The van der Waals surface area contributed by atoms with Crippen molar-refractivity contribution in [3.8, 4) is 5.75 Å². The Morgan fingerprint density at radius 2 is 1.61 bits per heavy atom. The third kappa shape index (κ3) is 6.90. The van der Waals surface area contributed by atoms with Crippen LogP contribution in [0.25, 0.3) is 0 Å². The molecule has 0 aliphatic rings. The number of hydrogen-bond donors (Lipinski definition) is 2. The van der Waals surface area contributed by atoms with Gasteiger partial charge in [-0.15, -0.1) is 0 Å². The van der Waals surface area contributed by atoms with E-state index in [2.05, 4.69) is 47.7 Å². The van der Waals surface area contributed by atoms with Gasteiger partial charge in [0.2, 0.25) is 0 Å². The van der Waals surface area contributed by atoms with Gasteiger partial charge in [-0.05, 0) is 70.0 Å². The molecule has 6 nitrogen and oxygen atoms in total. The molecule has 0 aliphatic carbocycles. The summed E-state index contributed by atoms with van der Waals surface area (Å²) in [5.41, 5.74) is 5.62. The van der Waals surface area contributed by atoms with Gasteiger partial charge in [-0.1, -0.05) is 64.5 Å². The number of carbonyl (C=O) groups excluding carboxylic acids is 2. The van der Waals surface area contributed by atoms with Crippen molar-refractivity contribution in [3.05, 3.63) is 128 Å². The summed E-state index contributed by atoms with van der Waals surface area (Å²) in [6.07, 6.45) is 1.53. The van der Waals surface area contributed by atoms with E-state index in [1.165, 1.54) is 6.21 Å². The Morgan fingerprint density at radius 1 is 0.833 bits per heavy atom. The van der Waals surface area contributed by atoms with Crippen molar-refractivity contribution >= 4 is 55.6 Å². The monoisotopic (exact) mass is 605 g/mol. The van der Waals surface area contributed by atoms with Crippen LogP contribution in [0.5, 0.6) is 5.75 Å². The first-order chi connectivity index (χ1) is 17.5. The molecule has 0 atom stereocenters. The number of hydrazone groups is 1. The van der Waals surface area contributed by atoms with Gasteiger partial charge in [-0.3, -0.25) is 9.59 Å². The Morgan fingerprint density at radius 3 is 2.42 bits per heavy atom. The summed E-state index contributed by atoms with van der Waals surface area (Å²) in [6.45, 7) is 0.410. The molecule has 4 rings (SSSR count). The number of anilines is 1. The molecular weight excluding hydrogens is 586 g/mol. The summed E-state index contributed by atoms with van der Waals surface area (Å²) >= 11 is 6.83. The van der Waals surface area contributed by atoms with Gasteiger partial charge in [0.15, 0.2) is 0 Å². The van der Waals surface area contributed by atoms with Crippen LogP contribution >= 0.6 is 31.9 Å². The normalized spacial score (nSPS) is 10.7. The fraction of sp³-hybridized carbons (Fsp3) is 0.0357. The van der Waals surface area contributed by atoms with Gasteiger partial charge >= 0.3 is 0 Å². The Bertz CT molecular complexity index is 1410. The highest BCUT2D eigenvalue weighted by atomic mass is 79.9. The van der Waals surface area contributed by atoms with Gasteiger partial charge in [0.05, 0.1) is 11.8 Å². The highest BCUT2D eigenvalue weighted by Gasteiger charge is 2.11. The quantitative estimate of drug-likeness (QED) is 0.171. The Hall–Kier alpha value is -3.75. The van der Waals surface area contributed by atoms with Gasteiger partial charge in [0.1, 0.15) is 12.4 Å². The maximum atomic E-state index is 12.7. The van der Waals surface area contributed by atoms with E-state index in [-0.39, 0.29) is 5.91 Å². The lowest BCUT2D eigenvalue weighted by atomic mass is 10.1. The standard InChI is InChI=1S/C28H21Br2N3O3/c29-22-13-14-26(36-18-19-7-2-1-3-8-19)21(15-22)17-31-33-27(34)20-9-6-10-23(16-20)32-28(35)24-11-4-5-12-25(24)30/h1-17H,18H2,(H,32,35)(H,33,34)/b31-17-. The second-order valence-electron chi connectivity index (χ2n) is 7.67. The average molecular weight is 607 g/mol. The maximum Gasteiger partial charge on any atom is 0.271 e. The Kier molecular flexibility index (Phi) is 8.65.